The molecule has 21 heavy (non-hydrogen) atoms. The van der Waals surface area contributed by atoms with E-state index in [1.807, 2.05) is 0 Å². The van der Waals surface area contributed by atoms with Gasteiger partial charge in [0.25, 0.3) is 0 Å². The Hall–Kier alpha value is -0.900. The summed E-state index contributed by atoms with van der Waals surface area (Å²) in [6.45, 7) is 7.54. The molecule has 0 aliphatic carbocycles. The summed E-state index contributed by atoms with van der Waals surface area (Å²) in [6, 6.07) is 9.47. The molecule has 1 aromatic carbocycles. The van der Waals surface area contributed by atoms with Crippen molar-refractivity contribution in [2.24, 2.45) is 0 Å². The van der Waals surface area contributed by atoms with Crippen LogP contribution in [0.1, 0.15) is 43.7 Å². The van der Waals surface area contributed by atoms with Crippen LogP contribution in [-0.2, 0) is 17.9 Å². The third kappa shape index (κ3) is 5.77. The maximum Gasteiger partial charge on any atom is 0.0713 e. The van der Waals surface area contributed by atoms with Crippen molar-refractivity contribution in [2.45, 2.75) is 51.8 Å². The number of rotatable bonds is 8. The Kier molecular flexibility index (Phi) is 7.20. The van der Waals surface area contributed by atoms with Gasteiger partial charge in [-0.3, -0.25) is 4.90 Å². The SMILES string of the molecule is CCCN(Cc1cccc(COC)c1)CC1CCCCN1. The molecule has 1 unspecified atom stereocenters. The van der Waals surface area contributed by atoms with Gasteiger partial charge in [0.05, 0.1) is 6.61 Å². The summed E-state index contributed by atoms with van der Waals surface area (Å²) in [5, 5.41) is 3.66. The highest BCUT2D eigenvalue weighted by molar-refractivity contribution is 5.23. The molecule has 1 atom stereocenters. The molecule has 3 heteroatoms. The Morgan fingerprint density at radius 3 is 2.86 bits per heavy atom. The molecule has 1 fully saturated rings. The Labute approximate surface area is 129 Å². The first-order chi connectivity index (χ1) is 10.3. The minimum absolute atomic E-state index is 0.674. The Morgan fingerprint density at radius 2 is 2.14 bits per heavy atom. The fourth-order valence-corrected chi connectivity index (χ4v) is 3.19. The van der Waals surface area contributed by atoms with Gasteiger partial charge in [0.15, 0.2) is 0 Å². The van der Waals surface area contributed by atoms with Gasteiger partial charge in [0.1, 0.15) is 0 Å². The van der Waals surface area contributed by atoms with Crippen molar-refractivity contribution in [3.8, 4) is 0 Å². The van der Waals surface area contributed by atoms with Crippen LogP contribution in [0.3, 0.4) is 0 Å². The summed E-state index contributed by atoms with van der Waals surface area (Å²) >= 11 is 0. The topological polar surface area (TPSA) is 24.5 Å². The molecule has 1 aromatic rings. The lowest BCUT2D eigenvalue weighted by molar-refractivity contribution is 0.184. The van der Waals surface area contributed by atoms with E-state index in [0.29, 0.717) is 12.6 Å². The van der Waals surface area contributed by atoms with E-state index in [1.165, 1.54) is 56.4 Å². The van der Waals surface area contributed by atoms with E-state index in [-0.39, 0.29) is 0 Å². The minimum atomic E-state index is 0.674. The molecule has 1 heterocycles. The van der Waals surface area contributed by atoms with Gasteiger partial charge >= 0.3 is 0 Å². The van der Waals surface area contributed by atoms with E-state index in [2.05, 4.69) is 41.4 Å². The molecule has 0 bridgehead atoms. The molecule has 1 aliphatic heterocycles. The van der Waals surface area contributed by atoms with E-state index in [0.717, 1.165) is 6.54 Å². The first-order valence-corrected chi connectivity index (χ1v) is 8.34. The second-order valence-corrected chi connectivity index (χ2v) is 6.13. The standard InChI is InChI=1S/C18H30N2O/c1-3-11-20(14-18-9-4-5-10-19-18)13-16-7-6-8-17(12-16)15-21-2/h6-8,12,18-19H,3-5,9-11,13-15H2,1-2H3. The van der Waals surface area contributed by atoms with Crippen LogP contribution in [0.5, 0.6) is 0 Å². The summed E-state index contributed by atoms with van der Waals surface area (Å²) in [4.78, 5) is 2.59. The summed E-state index contributed by atoms with van der Waals surface area (Å²) in [5.41, 5.74) is 2.66. The number of piperidine rings is 1. The zero-order valence-electron chi connectivity index (χ0n) is 13.6. The van der Waals surface area contributed by atoms with Gasteiger partial charge in [0, 0.05) is 26.2 Å². The van der Waals surface area contributed by atoms with Crippen LogP contribution in [0.25, 0.3) is 0 Å². The lowest BCUT2D eigenvalue weighted by atomic mass is 10.0. The van der Waals surface area contributed by atoms with Crippen molar-refractivity contribution in [3.63, 3.8) is 0 Å². The van der Waals surface area contributed by atoms with Crippen molar-refractivity contribution >= 4 is 0 Å². The number of hydrogen-bond donors (Lipinski definition) is 1. The maximum atomic E-state index is 5.23. The summed E-state index contributed by atoms with van der Waals surface area (Å²) in [7, 11) is 1.75. The lowest BCUT2D eigenvalue weighted by Crippen LogP contribution is -2.43. The third-order valence-electron chi connectivity index (χ3n) is 4.14. The average Bonchev–Trinajstić information content (AvgIpc) is 2.49. The number of nitrogens with one attached hydrogen (secondary N) is 1. The van der Waals surface area contributed by atoms with Gasteiger partial charge in [-0.2, -0.15) is 0 Å². The smallest absolute Gasteiger partial charge is 0.0713 e. The molecular formula is C18H30N2O. The molecule has 0 radical (unpaired) electrons. The monoisotopic (exact) mass is 290 g/mol. The molecule has 0 aromatic heterocycles. The van der Waals surface area contributed by atoms with E-state index in [9.17, 15) is 0 Å². The van der Waals surface area contributed by atoms with Gasteiger partial charge in [-0.15, -0.1) is 0 Å². The molecule has 0 spiro atoms. The van der Waals surface area contributed by atoms with E-state index in [1.54, 1.807) is 7.11 Å². The molecule has 2 rings (SSSR count). The second-order valence-electron chi connectivity index (χ2n) is 6.13. The Balaban J connectivity index is 1.92. The second kappa shape index (κ2) is 9.19. The van der Waals surface area contributed by atoms with Gasteiger partial charge in [-0.25, -0.2) is 0 Å². The largest absolute Gasteiger partial charge is 0.380 e. The molecule has 1 N–H and O–H groups in total. The lowest BCUT2D eigenvalue weighted by Gasteiger charge is -2.30. The fraction of sp³-hybridized carbons (Fsp3) is 0.667. The molecule has 118 valence electrons. The van der Waals surface area contributed by atoms with Crippen molar-refractivity contribution in [3.05, 3.63) is 35.4 Å². The van der Waals surface area contributed by atoms with Gasteiger partial charge in [0.2, 0.25) is 0 Å². The number of hydrogen-bond acceptors (Lipinski definition) is 3. The van der Waals surface area contributed by atoms with E-state index >= 15 is 0 Å². The first kappa shape index (κ1) is 16.5. The van der Waals surface area contributed by atoms with Crippen molar-refractivity contribution in [1.82, 2.24) is 10.2 Å². The highest BCUT2D eigenvalue weighted by Gasteiger charge is 2.16. The zero-order chi connectivity index (χ0) is 14.9. The van der Waals surface area contributed by atoms with Crippen molar-refractivity contribution < 1.29 is 4.74 Å². The number of benzene rings is 1. The Morgan fingerprint density at radius 1 is 1.29 bits per heavy atom. The summed E-state index contributed by atoms with van der Waals surface area (Å²) in [6.07, 6.45) is 5.25. The quantitative estimate of drug-likeness (QED) is 0.796. The normalized spacial score (nSPS) is 19.1. The molecule has 1 saturated heterocycles. The van der Waals surface area contributed by atoms with Crippen molar-refractivity contribution in [1.29, 1.82) is 0 Å². The molecule has 0 saturated carbocycles. The van der Waals surface area contributed by atoms with Crippen LogP contribution in [0.4, 0.5) is 0 Å². The Bertz CT molecular complexity index is 402. The van der Waals surface area contributed by atoms with Gasteiger partial charge < -0.3 is 10.1 Å². The number of nitrogens with zero attached hydrogens (tertiary/aromatic N) is 1. The molecule has 0 amide bonds. The average molecular weight is 290 g/mol. The molecule has 1 aliphatic rings. The third-order valence-corrected chi connectivity index (χ3v) is 4.14. The van der Waals surface area contributed by atoms with Gasteiger partial charge in [-0.05, 0) is 43.5 Å². The minimum Gasteiger partial charge on any atom is -0.380 e. The van der Waals surface area contributed by atoms with Crippen LogP contribution in [-0.4, -0.2) is 37.7 Å². The number of methoxy groups -OCH3 is 1. The van der Waals surface area contributed by atoms with Crippen molar-refractivity contribution in [2.75, 3.05) is 26.7 Å². The first-order valence-electron chi connectivity index (χ1n) is 8.34. The highest BCUT2D eigenvalue weighted by Crippen LogP contribution is 2.13. The fourth-order valence-electron chi connectivity index (χ4n) is 3.19. The highest BCUT2D eigenvalue weighted by atomic mass is 16.5. The van der Waals surface area contributed by atoms with Crippen LogP contribution < -0.4 is 5.32 Å². The molecular weight excluding hydrogens is 260 g/mol. The van der Waals surface area contributed by atoms with E-state index in [4.69, 9.17) is 4.74 Å². The van der Waals surface area contributed by atoms with Crippen LogP contribution >= 0.6 is 0 Å². The zero-order valence-corrected chi connectivity index (χ0v) is 13.6. The predicted molar refractivity (Wildman–Crippen MR) is 88.4 cm³/mol. The van der Waals surface area contributed by atoms with Crippen LogP contribution in [0.2, 0.25) is 0 Å². The van der Waals surface area contributed by atoms with Crippen LogP contribution in [0, 0.1) is 0 Å². The van der Waals surface area contributed by atoms with E-state index < -0.39 is 0 Å². The molecule has 3 nitrogen and oxygen atoms in total. The summed E-state index contributed by atoms with van der Waals surface area (Å²) < 4.78 is 5.23. The predicted octanol–water partition coefficient (Wildman–Crippen LogP) is 3.19. The maximum absolute atomic E-state index is 5.23. The van der Waals surface area contributed by atoms with Gasteiger partial charge in [-0.1, -0.05) is 37.6 Å². The van der Waals surface area contributed by atoms with Crippen LogP contribution in [0.15, 0.2) is 24.3 Å². The summed E-state index contributed by atoms with van der Waals surface area (Å²) in [5.74, 6) is 0. The number of ether oxygens (including phenoxy) is 1.